The van der Waals surface area contributed by atoms with Crippen LogP contribution < -0.4 is 21.7 Å². The summed E-state index contributed by atoms with van der Waals surface area (Å²) in [5.74, 6) is -3.62. The molecule has 0 bridgehead atoms. The zero-order chi connectivity index (χ0) is 34.5. The lowest BCUT2D eigenvalue weighted by Gasteiger charge is -2.35. The van der Waals surface area contributed by atoms with Crippen molar-refractivity contribution in [3.05, 3.63) is 89.2 Å². The van der Waals surface area contributed by atoms with E-state index in [2.05, 4.69) is 16.0 Å². The summed E-state index contributed by atoms with van der Waals surface area (Å²) in [5.41, 5.74) is 7.72. The summed E-state index contributed by atoms with van der Waals surface area (Å²) < 4.78 is 20.5. The van der Waals surface area contributed by atoms with Gasteiger partial charge in [0.25, 0.3) is 11.8 Å². The molecule has 1 unspecified atom stereocenters. The average molecular weight is 661 g/mol. The number of rotatable bonds is 9. The van der Waals surface area contributed by atoms with E-state index < -0.39 is 53.7 Å². The van der Waals surface area contributed by atoms with Gasteiger partial charge in [0.05, 0.1) is 5.69 Å². The van der Waals surface area contributed by atoms with Crippen molar-refractivity contribution < 1.29 is 38.2 Å². The Balaban J connectivity index is 1.41. The van der Waals surface area contributed by atoms with Crippen molar-refractivity contribution in [3.63, 3.8) is 0 Å². The molecule has 2 aliphatic rings. The number of carboxylic acid groups (broad SMARTS) is 1. The lowest BCUT2D eigenvalue weighted by molar-refractivity contribution is -0.144. The number of amides is 5. The van der Waals surface area contributed by atoms with Crippen LogP contribution in [0.15, 0.2) is 66.7 Å². The number of hydrogen-bond donors (Lipinski definition) is 5. The number of halogens is 1. The van der Waals surface area contributed by atoms with E-state index in [1.165, 1.54) is 31.0 Å². The molecule has 1 fully saturated rings. The van der Waals surface area contributed by atoms with Crippen molar-refractivity contribution >= 4 is 46.8 Å². The number of anilines is 3. The quantitative estimate of drug-likeness (QED) is 0.216. The van der Waals surface area contributed by atoms with Gasteiger partial charge in [-0.2, -0.15) is 0 Å². The van der Waals surface area contributed by atoms with E-state index in [0.29, 0.717) is 48.6 Å². The molecule has 2 heterocycles. The number of nitrogens with one attached hydrogen (secondary N) is 3. The standard InChI is InChI=1S/C34H37FN6O7/c1-19(40(2)34(46)47)30(42)39-28(20-13-15-48-16-14-20)33(45)41-18-22-5-3-4-6-25(22)29(41)32(44)38-27-17-21(7-12-26(27)35)31(43)37-24-10-8-23(36)9-11-24/h3-12,17,19-20,28-29H,13-16,18,36H2,1-2H3,(H,37,43)(H,38,44)(H,39,42)(H,46,47)/t19?,28-,29-/m0/s1. The highest BCUT2D eigenvalue weighted by Gasteiger charge is 2.44. The highest BCUT2D eigenvalue weighted by Crippen LogP contribution is 2.36. The molecule has 1 saturated heterocycles. The Labute approximate surface area is 276 Å². The predicted molar refractivity (Wildman–Crippen MR) is 174 cm³/mol. The Morgan fingerprint density at radius 1 is 1.00 bits per heavy atom. The number of nitrogen functional groups attached to an aromatic ring is 1. The number of nitrogens with two attached hydrogens (primary N) is 1. The SMILES string of the molecule is CC(C(=O)N[C@H](C(=O)N1Cc2ccccc2[C@H]1C(=O)Nc1cc(C(=O)Nc2ccc(N)cc2)ccc1F)C1CCOCC1)N(C)C(=O)O. The topological polar surface area (TPSA) is 183 Å². The first kappa shape index (κ1) is 33.9. The minimum atomic E-state index is -1.31. The second-order valence-electron chi connectivity index (χ2n) is 11.8. The number of ether oxygens (including phenoxy) is 1. The maximum Gasteiger partial charge on any atom is 0.407 e. The van der Waals surface area contributed by atoms with Crippen LogP contribution in [0.2, 0.25) is 0 Å². The van der Waals surface area contributed by atoms with Crippen LogP contribution in [0.4, 0.5) is 26.2 Å². The van der Waals surface area contributed by atoms with Crippen LogP contribution in [-0.4, -0.2) is 77.0 Å². The molecule has 0 aromatic heterocycles. The van der Waals surface area contributed by atoms with Gasteiger partial charge in [-0.25, -0.2) is 9.18 Å². The molecule has 0 spiro atoms. The fraction of sp³-hybridized carbons (Fsp3) is 0.324. The van der Waals surface area contributed by atoms with Crippen LogP contribution in [0.1, 0.15) is 47.3 Å². The summed E-state index contributed by atoms with van der Waals surface area (Å²) in [6.07, 6.45) is -0.403. The van der Waals surface area contributed by atoms with Crippen LogP contribution in [0.25, 0.3) is 0 Å². The monoisotopic (exact) mass is 660 g/mol. The summed E-state index contributed by atoms with van der Waals surface area (Å²) in [6, 6.07) is 13.6. The lowest BCUT2D eigenvalue weighted by Crippen LogP contribution is -2.57. The van der Waals surface area contributed by atoms with Gasteiger partial charge >= 0.3 is 6.09 Å². The molecule has 5 amide bonds. The molecule has 3 aromatic rings. The normalized spacial score (nSPS) is 17.1. The number of carbonyl (C=O) groups is 5. The molecule has 3 atom stereocenters. The van der Waals surface area contributed by atoms with Gasteiger partial charge in [0.15, 0.2) is 0 Å². The van der Waals surface area contributed by atoms with Gasteiger partial charge in [-0.1, -0.05) is 24.3 Å². The number of fused-ring (bicyclic) bond motifs is 1. The van der Waals surface area contributed by atoms with Gasteiger partial charge in [0.1, 0.15) is 23.9 Å². The Bertz CT molecular complexity index is 1710. The molecule has 14 heteroatoms. The van der Waals surface area contributed by atoms with Crippen molar-refractivity contribution in [2.75, 3.05) is 36.6 Å². The first-order valence-corrected chi connectivity index (χ1v) is 15.4. The van der Waals surface area contributed by atoms with Crippen LogP contribution in [-0.2, 0) is 25.7 Å². The molecule has 13 nitrogen and oxygen atoms in total. The molecule has 0 aliphatic carbocycles. The highest BCUT2D eigenvalue weighted by molar-refractivity contribution is 6.06. The second kappa shape index (κ2) is 14.5. The van der Waals surface area contributed by atoms with Gasteiger partial charge in [0, 0.05) is 43.7 Å². The van der Waals surface area contributed by atoms with Crippen molar-refractivity contribution in [1.29, 1.82) is 0 Å². The van der Waals surface area contributed by atoms with Gasteiger partial charge in [-0.05, 0) is 79.3 Å². The zero-order valence-electron chi connectivity index (χ0n) is 26.4. The van der Waals surface area contributed by atoms with Gasteiger partial charge in [-0.15, -0.1) is 0 Å². The van der Waals surface area contributed by atoms with Crippen LogP contribution in [0, 0.1) is 11.7 Å². The van der Waals surface area contributed by atoms with Crippen LogP contribution in [0.5, 0.6) is 0 Å². The summed E-state index contributed by atoms with van der Waals surface area (Å²) in [5, 5.41) is 17.4. The highest BCUT2D eigenvalue weighted by atomic mass is 19.1. The Hall–Kier alpha value is -5.50. The first-order chi connectivity index (χ1) is 22.9. The van der Waals surface area contributed by atoms with Crippen molar-refractivity contribution in [1.82, 2.24) is 15.1 Å². The zero-order valence-corrected chi connectivity index (χ0v) is 26.4. The largest absolute Gasteiger partial charge is 0.465 e. The minimum absolute atomic E-state index is 0.0415. The first-order valence-electron chi connectivity index (χ1n) is 15.4. The molecule has 48 heavy (non-hydrogen) atoms. The molecule has 2 aliphatic heterocycles. The molecular weight excluding hydrogens is 623 g/mol. The Morgan fingerprint density at radius 3 is 2.38 bits per heavy atom. The van der Waals surface area contributed by atoms with E-state index >= 15 is 4.39 Å². The predicted octanol–water partition coefficient (Wildman–Crippen LogP) is 3.59. The van der Waals surface area contributed by atoms with Crippen LogP contribution >= 0.6 is 0 Å². The third kappa shape index (κ3) is 7.39. The Kier molecular flexibility index (Phi) is 10.2. The number of likely N-dealkylation sites (N-methyl/N-ethyl adjacent to an activating group) is 1. The van der Waals surface area contributed by atoms with Crippen LogP contribution in [0.3, 0.4) is 0 Å². The number of benzene rings is 3. The molecular formula is C34H37FN6O7. The molecule has 3 aromatic carbocycles. The summed E-state index contributed by atoms with van der Waals surface area (Å²) >= 11 is 0. The fourth-order valence-corrected chi connectivity index (χ4v) is 5.83. The third-order valence-corrected chi connectivity index (χ3v) is 8.75. The molecule has 5 rings (SSSR count). The smallest absolute Gasteiger partial charge is 0.407 e. The van der Waals surface area contributed by atoms with E-state index in [0.717, 1.165) is 11.0 Å². The summed E-state index contributed by atoms with van der Waals surface area (Å²) in [4.78, 5) is 68.2. The van der Waals surface area contributed by atoms with Crippen molar-refractivity contribution in [2.24, 2.45) is 5.92 Å². The number of nitrogens with zero attached hydrogens (tertiary/aromatic N) is 2. The number of carbonyl (C=O) groups excluding carboxylic acids is 4. The molecule has 0 saturated carbocycles. The second-order valence-corrected chi connectivity index (χ2v) is 11.8. The third-order valence-electron chi connectivity index (χ3n) is 8.75. The van der Waals surface area contributed by atoms with Gasteiger partial charge in [0.2, 0.25) is 11.8 Å². The van der Waals surface area contributed by atoms with Gasteiger partial charge < -0.3 is 36.4 Å². The molecule has 0 radical (unpaired) electrons. The van der Waals surface area contributed by atoms with E-state index in [9.17, 15) is 29.1 Å². The van der Waals surface area contributed by atoms with Crippen molar-refractivity contribution in [3.8, 4) is 0 Å². The molecule has 6 N–H and O–H groups in total. The molecule has 252 valence electrons. The van der Waals surface area contributed by atoms with E-state index in [1.54, 1.807) is 48.5 Å². The summed E-state index contributed by atoms with van der Waals surface area (Å²) in [7, 11) is 1.25. The minimum Gasteiger partial charge on any atom is -0.465 e. The Morgan fingerprint density at radius 2 is 1.69 bits per heavy atom. The average Bonchev–Trinajstić information content (AvgIpc) is 3.48. The summed E-state index contributed by atoms with van der Waals surface area (Å²) in [6.45, 7) is 2.18. The van der Waals surface area contributed by atoms with E-state index in [1.807, 2.05) is 0 Å². The van der Waals surface area contributed by atoms with Gasteiger partial charge in [-0.3, -0.25) is 24.1 Å². The lowest BCUT2D eigenvalue weighted by atomic mass is 9.90. The maximum atomic E-state index is 15.1. The van der Waals surface area contributed by atoms with E-state index in [-0.39, 0.29) is 23.7 Å². The maximum absolute atomic E-state index is 15.1. The number of hydrogen-bond acceptors (Lipinski definition) is 7. The van der Waals surface area contributed by atoms with Crippen molar-refractivity contribution in [2.45, 2.75) is 44.4 Å². The fourth-order valence-electron chi connectivity index (χ4n) is 5.83. The van der Waals surface area contributed by atoms with E-state index in [4.69, 9.17) is 10.5 Å².